The molecule has 1 aromatic rings. The highest BCUT2D eigenvalue weighted by atomic mass is 16.2. The van der Waals surface area contributed by atoms with E-state index in [1.54, 1.807) is 0 Å². The van der Waals surface area contributed by atoms with E-state index in [1.807, 2.05) is 30.9 Å². The summed E-state index contributed by atoms with van der Waals surface area (Å²) in [5.74, 6) is 0.260. The molecule has 0 aliphatic carbocycles. The van der Waals surface area contributed by atoms with Crippen molar-refractivity contribution in [1.82, 2.24) is 10.2 Å². The smallest absolute Gasteiger partial charge is 0.226 e. The molecule has 1 rings (SSSR count). The van der Waals surface area contributed by atoms with Crippen LogP contribution in [0.1, 0.15) is 31.9 Å². The van der Waals surface area contributed by atoms with Crippen LogP contribution < -0.4 is 5.32 Å². The first-order chi connectivity index (χ1) is 9.10. The van der Waals surface area contributed by atoms with Crippen molar-refractivity contribution >= 4 is 5.91 Å². The first-order valence-electron chi connectivity index (χ1n) is 7.14. The molecule has 0 radical (unpaired) electrons. The predicted molar refractivity (Wildman–Crippen MR) is 80.0 cm³/mol. The molecule has 0 aromatic heterocycles. The van der Waals surface area contributed by atoms with Crippen LogP contribution in [0.15, 0.2) is 24.3 Å². The lowest BCUT2D eigenvalue weighted by atomic mass is 10.1. The standard InChI is InChI=1S/C16H26N2O/c1-5-17-11-14(4)16(19)18(6-2)12-15-10-8-7-9-13(15)3/h7-10,14,17H,5-6,11-12H2,1-4H3. The molecule has 1 amide bonds. The maximum Gasteiger partial charge on any atom is 0.226 e. The Morgan fingerprint density at radius 2 is 2.00 bits per heavy atom. The minimum absolute atomic E-state index is 0.0314. The molecule has 0 saturated heterocycles. The fourth-order valence-electron chi connectivity index (χ4n) is 2.10. The Hall–Kier alpha value is -1.35. The van der Waals surface area contributed by atoms with Gasteiger partial charge in [0.25, 0.3) is 0 Å². The molecule has 3 heteroatoms. The maximum atomic E-state index is 12.4. The quantitative estimate of drug-likeness (QED) is 0.819. The van der Waals surface area contributed by atoms with E-state index in [0.717, 1.165) is 19.6 Å². The molecule has 0 heterocycles. The number of carbonyl (C=O) groups is 1. The molecule has 0 saturated carbocycles. The summed E-state index contributed by atoms with van der Waals surface area (Å²) in [5.41, 5.74) is 2.47. The summed E-state index contributed by atoms with van der Waals surface area (Å²) in [7, 11) is 0. The van der Waals surface area contributed by atoms with Gasteiger partial charge < -0.3 is 10.2 Å². The third kappa shape index (κ3) is 4.67. The highest BCUT2D eigenvalue weighted by Crippen LogP contribution is 2.12. The Morgan fingerprint density at radius 3 is 2.58 bits per heavy atom. The fourth-order valence-corrected chi connectivity index (χ4v) is 2.10. The normalized spacial score (nSPS) is 12.2. The predicted octanol–water partition coefficient (Wildman–Crippen LogP) is 2.59. The second-order valence-electron chi connectivity index (χ2n) is 4.99. The number of nitrogens with zero attached hydrogens (tertiary/aromatic N) is 1. The van der Waals surface area contributed by atoms with Crippen LogP contribution in [0.2, 0.25) is 0 Å². The summed E-state index contributed by atoms with van der Waals surface area (Å²) in [6.07, 6.45) is 0. The Labute approximate surface area is 117 Å². The molecule has 1 aromatic carbocycles. The fraction of sp³-hybridized carbons (Fsp3) is 0.562. The van der Waals surface area contributed by atoms with Crippen molar-refractivity contribution in [2.75, 3.05) is 19.6 Å². The van der Waals surface area contributed by atoms with Crippen LogP contribution in [0.3, 0.4) is 0 Å². The van der Waals surface area contributed by atoms with E-state index in [9.17, 15) is 4.79 Å². The van der Waals surface area contributed by atoms with Gasteiger partial charge in [-0.1, -0.05) is 38.1 Å². The summed E-state index contributed by atoms with van der Waals surface area (Å²) >= 11 is 0. The highest BCUT2D eigenvalue weighted by molar-refractivity contribution is 5.78. The van der Waals surface area contributed by atoms with E-state index >= 15 is 0 Å². The molecule has 1 N–H and O–H groups in total. The Bertz CT molecular complexity index is 403. The van der Waals surface area contributed by atoms with Crippen molar-refractivity contribution in [1.29, 1.82) is 0 Å². The van der Waals surface area contributed by atoms with Crippen molar-refractivity contribution in [3.05, 3.63) is 35.4 Å². The highest BCUT2D eigenvalue weighted by Gasteiger charge is 2.19. The van der Waals surface area contributed by atoms with Crippen molar-refractivity contribution in [3.8, 4) is 0 Å². The summed E-state index contributed by atoms with van der Waals surface area (Å²) in [6, 6.07) is 8.25. The van der Waals surface area contributed by atoms with Gasteiger partial charge in [0, 0.05) is 25.6 Å². The van der Waals surface area contributed by atoms with Gasteiger partial charge in [-0.3, -0.25) is 4.79 Å². The zero-order chi connectivity index (χ0) is 14.3. The number of benzene rings is 1. The van der Waals surface area contributed by atoms with E-state index in [1.165, 1.54) is 11.1 Å². The largest absolute Gasteiger partial charge is 0.338 e. The van der Waals surface area contributed by atoms with Crippen LogP contribution in [-0.4, -0.2) is 30.4 Å². The molecule has 0 bridgehead atoms. The number of hydrogen-bond acceptors (Lipinski definition) is 2. The lowest BCUT2D eigenvalue weighted by Crippen LogP contribution is -2.38. The van der Waals surface area contributed by atoms with E-state index in [4.69, 9.17) is 0 Å². The molecule has 0 spiro atoms. The van der Waals surface area contributed by atoms with Crippen LogP contribution in [0.4, 0.5) is 0 Å². The van der Waals surface area contributed by atoms with Crippen molar-refractivity contribution in [2.24, 2.45) is 5.92 Å². The first kappa shape index (κ1) is 15.7. The van der Waals surface area contributed by atoms with Crippen LogP contribution in [0.5, 0.6) is 0 Å². The average molecular weight is 262 g/mol. The number of amides is 1. The first-order valence-corrected chi connectivity index (χ1v) is 7.14. The molecule has 0 aliphatic heterocycles. The van der Waals surface area contributed by atoms with Crippen LogP contribution in [0, 0.1) is 12.8 Å². The summed E-state index contributed by atoms with van der Waals surface area (Å²) in [4.78, 5) is 14.3. The lowest BCUT2D eigenvalue weighted by molar-refractivity contribution is -0.135. The molecule has 19 heavy (non-hydrogen) atoms. The summed E-state index contributed by atoms with van der Waals surface area (Å²) < 4.78 is 0. The number of aryl methyl sites for hydroxylation is 1. The molecule has 1 atom stereocenters. The van der Waals surface area contributed by atoms with E-state index < -0.39 is 0 Å². The van der Waals surface area contributed by atoms with Gasteiger partial charge in [0.15, 0.2) is 0 Å². The molecule has 0 aliphatic rings. The number of rotatable bonds is 7. The zero-order valence-electron chi connectivity index (χ0n) is 12.6. The molecule has 0 fully saturated rings. The summed E-state index contributed by atoms with van der Waals surface area (Å²) in [5, 5.41) is 3.24. The van der Waals surface area contributed by atoms with Gasteiger partial charge in [0.2, 0.25) is 5.91 Å². The van der Waals surface area contributed by atoms with Crippen LogP contribution in [0.25, 0.3) is 0 Å². The van der Waals surface area contributed by atoms with Crippen molar-refractivity contribution in [2.45, 2.75) is 34.2 Å². The van der Waals surface area contributed by atoms with Gasteiger partial charge in [0.1, 0.15) is 0 Å². The van der Waals surface area contributed by atoms with Gasteiger partial charge >= 0.3 is 0 Å². The maximum absolute atomic E-state index is 12.4. The minimum Gasteiger partial charge on any atom is -0.338 e. The molecule has 106 valence electrons. The molecular formula is C16H26N2O. The molecule has 3 nitrogen and oxygen atoms in total. The molecule has 1 unspecified atom stereocenters. The van der Waals surface area contributed by atoms with Gasteiger partial charge in [-0.25, -0.2) is 0 Å². The van der Waals surface area contributed by atoms with E-state index in [0.29, 0.717) is 6.54 Å². The van der Waals surface area contributed by atoms with Crippen LogP contribution in [-0.2, 0) is 11.3 Å². The SMILES string of the molecule is CCNCC(C)C(=O)N(CC)Cc1ccccc1C. The van der Waals surface area contributed by atoms with Crippen LogP contribution >= 0.6 is 0 Å². The van der Waals surface area contributed by atoms with Gasteiger partial charge in [-0.15, -0.1) is 0 Å². The van der Waals surface area contributed by atoms with Crippen molar-refractivity contribution < 1.29 is 4.79 Å². The van der Waals surface area contributed by atoms with Crippen molar-refractivity contribution in [3.63, 3.8) is 0 Å². The number of carbonyl (C=O) groups excluding carboxylic acids is 1. The molecular weight excluding hydrogens is 236 g/mol. The second kappa shape index (κ2) is 7.95. The van der Waals surface area contributed by atoms with Gasteiger partial charge in [-0.2, -0.15) is 0 Å². The lowest BCUT2D eigenvalue weighted by Gasteiger charge is -2.25. The monoisotopic (exact) mass is 262 g/mol. The Balaban J connectivity index is 2.67. The van der Waals surface area contributed by atoms with Gasteiger partial charge in [0.05, 0.1) is 0 Å². The third-order valence-corrected chi connectivity index (χ3v) is 3.44. The zero-order valence-corrected chi connectivity index (χ0v) is 12.6. The van der Waals surface area contributed by atoms with E-state index in [2.05, 4.69) is 31.3 Å². The number of hydrogen-bond donors (Lipinski definition) is 1. The van der Waals surface area contributed by atoms with E-state index in [-0.39, 0.29) is 11.8 Å². The minimum atomic E-state index is 0.0314. The summed E-state index contributed by atoms with van der Waals surface area (Å²) in [6.45, 7) is 11.3. The third-order valence-electron chi connectivity index (χ3n) is 3.44. The number of nitrogens with one attached hydrogen (secondary N) is 1. The van der Waals surface area contributed by atoms with Gasteiger partial charge in [-0.05, 0) is 31.5 Å². The Kier molecular flexibility index (Phi) is 6.57. The Morgan fingerprint density at radius 1 is 1.32 bits per heavy atom. The topological polar surface area (TPSA) is 32.3 Å². The average Bonchev–Trinajstić information content (AvgIpc) is 2.43. The second-order valence-corrected chi connectivity index (χ2v) is 4.99.